The average molecular weight is 661 g/mol. The standard InChI is InChI=1S/C50H32N2/c1-2-13-37(14-3-1)52-47-20-10-8-18-42(47)44-28-24-35(32-50(44)52)34-25-29-49-46(30-34)43-19-9-11-21-48(43)51(49)38-26-22-33(23-27-38)45-31-36-12-4-5-15-39(36)40-16-6-7-17-41(40)45/h1-32H. The third kappa shape index (κ3) is 4.31. The van der Waals surface area contributed by atoms with E-state index in [-0.39, 0.29) is 0 Å². The first-order chi connectivity index (χ1) is 25.8. The van der Waals surface area contributed by atoms with Crippen molar-refractivity contribution in [1.82, 2.24) is 9.13 Å². The summed E-state index contributed by atoms with van der Waals surface area (Å²) in [5, 5.41) is 10.2. The molecule has 0 bridgehead atoms. The van der Waals surface area contributed by atoms with E-state index in [1.54, 1.807) is 0 Å². The van der Waals surface area contributed by atoms with Gasteiger partial charge in [0.15, 0.2) is 0 Å². The van der Waals surface area contributed by atoms with E-state index in [0.29, 0.717) is 0 Å². The van der Waals surface area contributed by atoms with E-state index in [9.17, 15) is 0 Å². The predicted octanol–water partition coefficient (Wildman–Crippen LogP) is 13.5. The maximum absolute atomic E-state index is 2.41. The molecule has 0 fully saturated rings. The molecule has 0 aliphatic carbocycles. The van der Waals surface area contributed by atoms with E-state index < -0.39 is 0 Å². The fraction of sp³-hybridized carbons (Fsp3) is 0. The summed E-state index contributed by atoms with van der Waals surface area (Å²) in [6, 6.07) is 71.0. The summed E-state index contributed by atoms with van der Waals surface area (Å²) in [4.78, 5) is 0. The summed E-state index contributed by atoms with van der Waals surface area (Å²) in [6.07, 6.45) is 0. The van der Waals surface area contributed by atoms with Crippen LogP contribution in [0.5, 0.6) is 0 Å². The molecule has 0 N–H and O–H groups in total. The van der Waals surface area contributed by atoms with Crippen molar-refractivity contribution in [2.24, 2.45) is 0 Å². The van der Waals surface area contributed by atoms with Gasteiger partial charge >= 0.3 is 0 Å². The first-order valence-electron chi connectivity index (χ1n) is 17.9. The van der Waals surface area contributed by atoms with Crippen LogP contribution < -0.4 is 0 Å². The zero-order valence-corrected chi connectivity index (χ0v) is 28.4. The Morgan fingerprint density at radius 2 is 0.750 bits per heavy atom. The third-order valence-electron chi connectivity index (χ3n) is 10.9. The molecule has 11 rings (SSSR count). The number of hydrogen-bond acceptors (Lipinski definition) is 0. The summed E-state index contributed by atoms with van der Waals surface area (Å²) >= 11 is 0. The Bertz CT molecular complexity index is 3160. The Hall–Kier alpha value is -6.90. The Balaban J connectivity index is 1.05. The molecule has 0 spiro atoms. The van der Waals surface area contributed by atoms with Gasteiger partial charge in [0.2, 0.25) is 0 Å². The lowest BCUT2D eigenvalue weighted by atomic mass is 9.93. The van der Waals surface area contributed by atoms with Gasteiger partial charge in [-0.2, -0.15) is 0 Å². The molecule has 0 radical (unpaired) electrons. The minimum Gasteiger partial charge on any atom is -0.309 e. The zero-order chi connectivity index (χ0) is 34.2. The van der Waals surface area contributed by atoms with Crippen LogP contribution in [0.15, 0.2) is 194 Å². The van der Waals surface area contributed by atoms with Crippen LogP contribution >= 0.6 is 0 Å². The lowest BCUT2D eigenvalue weighted by molar-refractivity contribution is 1.18. The first kappa shape index (κ1) is 28.9. The lowest BCUT2D eigenvalue weighted by Gasteiger charge is -2.13. The number of para-hydroxylation sites is 3. The summed E-state index contributed by atoms with van der Waals surface area (Å²) < 4.78 is 4.80. The summed E-state index contributed by atoms with van der Waals surface area (Å²) in [7, 11) is 0. The summed E-state index contributed by atoms with van der Waals surface area (Å²) in [5.74, 6) is 0. The molecule has 11 aromatic rings. The van der Waals surface area contributed by atoms with Crippen LogP contribution in [0, 0.1) is 0 Å². The van der Waals surface area contributed by atoms with Crippen molar-refractivity contribution >= 4 is 65.2 Å². The number of hydrogen-bond donors (Lipinski definition) is 0. The fourth-order valence-corrected chi connectivity index (χ4v) is 8.52. The van der Waals surface area contributed by atoms with Crippen LogP contribution in [-0.4, -0.2) is 9.13 Å². The lowest BCUT2D eigenvalue weighted by Crippen LogP contribution is -1.94. The van der Waals surface area contributed by atoms with E-state index in [1.807, 2.05) is 0 Å². The molecule has 0 aliphatic heterocycles. The summed E-state index contributed by atoms with van der Waals surface area (Å²) in [6.45, 7) is 0. The van der Waals surface area contributed by atoms with Gasteiger partial charge in [-0.3, -0.25) is 0 Å². The minimum atomic E-state index is 1.15. The molecule has 0 saturated carbocycles. The highest BCUT2D eigenvalue weighted by Gasteiger charge is 2.16. The highest BCUT2D eigenvalue weighted by atomic mass is 15.0. The largest absolute Gasteiger partial charge is 0.309 e. The molecule has 2 heteroatoms. The highest BCUT2D eigenvalue weighted by Crippen LogP contribution is 2.39. The predicted molar refractivity (Wildman–Crippen MR) is 221 cm³/mol. The average Bonchev–Trinajstić information content (AvgIpc) is 3.73. The van der Waals surface area contributed by atoms with Crippen molar-refractivity contribution in [3.8, 4) is 33.6 Å². The number of fused-ring (bicyclic) bond motifs is 9. The van der Waals surface area contributed by atoms with Crippen molar-refractivity contribution in [1.29, 1.82) is 0 Å². The molecule has 0 aliphatic rings. The monoisotopic (exact) mass is 660 g/mol. The Morgan fingerprint density at radius 3 is 1.52 bits per heavy atom. The molecular formula is C50H32N2. The molecule has 242 valence electrons. The van der Waals surface area contributed by atoms with Crippen LogP contribution in [0.2, 0.25) is 0 Å². The van der Waals surface area contributed by atoms with Gasteiger partial charge in [0.1, 0.15) is 0 Å². The van der Waals surface area contributed by atoms with Crippen molar-refractivity contribution < 1.29 is 0 Å². The maximum atomic E-state index is 2.41. The molecule has 2 heterocycles. The van der Waals surface area contributed by atoms with E-state index in [0.717, 1.165) is 5.69 Å². The van der Waals surface area contributed by atoms with Crippen LogP contribution in [0.1, 0.15) is 0 Å². The van der Waals surface area contributed by atoms with Gasteiger partial charge in [0.05, 0.1) is 22.1 Å². The van der Waals surface area contributed by atoms with Crippen LogP contribution in [-0.2, 0) is 0 Å². The Kier molecular flexibility index (Phi) is 6.28. The van der Waals surface area contributed by atoms with Gasteiger partial charge in [-0.15, -0.1) is 0 Å². The van der Waals surface area contributed by atoms with Crippen molar-refractivity contribution in [3.05, 3.63) is 194 Å². The maximum Gasteiger partial charge on any atom is 0.0547 e. The molecule has 0 saturated heterocycles. The van der Waals surface area contributed by atoms with Crippen LogP contribution in [0.25, 0.3) is 98.8 Å². The normalized spacial score (nSPS) is 11.8. The molecule has 52 heavy (non-hydrogen) atoms. The van der Waals surface area contributed by atoms with Gasteiger partial charge in [0, 0.05) is 32.9 Å². The van der Waals surface area contributed by atoms with Crippen molar-refractivity contribution in [2.45, 2.75) is 0 Å². The van der Waals surface area contributed by atoms with Crippen LogP contribution in [0.3, 0.4) is 0 Å². The van der Waals surface area contributed by atoms with Crippen molar-refractivity contribution in [2.75, 3.05) is 0 Å². The second kappa shape index (κ2) is 11.3. The van der Waals surface area contributed by atoms with Gasteiger partial charge in [0.25, 0.3) is 0 Å². The summed E-state index contributed by atoms with van der Waals surface area (Å²) in [5.41, 5.74) is 12.1. The van der Waals surface area contributed by atoms with Crippen LogP contribution in [0.4, 0.5) is 0 Å². The molecule has 0 unspecified atom stereocenters. The molecule has 2 nitrogen and oxygen atoms in total. The van der Waals surface area contributed by atoms with Gasteiger partial charge in [-0.05, 0) is 104 Å². The van der Waals surface area contributed by atoms with Gasteiger partial charge in [-0.25, -0.2) is 0 Å². The topological polar surface area (TPSA) is 9.86 Å². The minimum absolute atomic E-state index is 1.15. The number of benzene rings is 9. The van der Waals surface area contributed by atoms with E-state index in [2.05, 4.69) is 203 Å². The fourth-order valence-electron chi connectivity index (χ4n) is 8.52. The smallest absolute Gasteiger partial charge is 0.0547 e. The second-order valence-electron chi connectivity index (χ2n) is 13.7. The van der Waals surface area contributed by atoms with Gasteiger partial charge in [-0.1, -0.05) is 133 Å². The molecule has 0 atom stereocenters. The van der Waals surface area contributed by atoms with E-state index in [4.69, 9.17) is 0 Å². The molecule has 9 aromatic carbocycles. The van der Waals surface area contributed by atoms with Gasteiger partial charge < -0.3 is 9.13 Å². The number of nitrogens with zero attached hydrogens (tertiary/aromatic N) is 2. The number of rotatable bonds is 4. The van der Waals surface area contributed by atoms with E-state index >= 15 is 0 Å². The first-order valence-corrected chi connectivity index (χ1v) is 17.9. The SMILES string of the molecule is c1ccc(-n2c3ccccc3c3ccc(-c4ccc5c(c4)c4ccccc4n5-c4ccc(-c5cc6ccccc6c6ccccc56)cc4)cc32)cc1. The van der Waals surface area contributed by atoms with E-state index in [1.165, 1.54) is 93.1 Å². The van der Waals surface area contributed by atoms with Crippen molar-refractivity contribution in [3.63, 3.8) is 0 Å². The highest BCUT2D eigenvalue weighted by molar-refractivity contribution is 6.15. The molecule has 0 amide bonds. The Morgan fingerprint density at radius 1 is 0.250 bits per heavy atom. The Labute approximate surface area is 301 Å². The zero-order valence-electron chi connectivity index (χ0n) is 28.4. The number of aromatic nitrogens is 2. The third-order valence-corrected chi connectivity index (χ3v) is 10.9. The second-order valence-corrected chi connectivity index (χ2v) is 13.7. The molecule has 2 aromatic heterocycles. The molecular weight excluding hydrogens is 629 g/mol. The quantitative estimate of drug-likeness (QED) is 0.166.